The highest BCUT2D eigenvalue weighted by molar-refractivity contribution is 5.84. The maximum absolute atomic E-state index is 12.4. The van der Waals surface area contributed by atoms with Gasteiger partial charge in [0.2, 0.25) is 0 Å². The third-order valence-electron chi connectivity index (χ3n) is 8.76. The summed E-state index contributed by atoms with van der Waals surface area (Å²) in [6, 6.07) is 0. The molecule has 4 fully saturated rings. The summed E-state index contributed by atoms with van der Waals surface area (Å²) in [5.41, 5.74) is 0.725. The van der Waals surface area contributed by atoms with Crippen molar-refractivity contribution in [3.8, 4) is 0 Å². The average Bonchev–Trinajstić information content (AvgIpc) is 3.14. The Labute approximate surface area is 153 Å². The van der Waals surface area contributed by atoms with Crippen LogP contribution in [0.15, 0.2) is 11.6 Å². The molecule has 26 heavy (non-hydrogen) atoms. The zero-order chi connectivity index (χ0) is 18.3. The van der Waals surface area contributed by atoms with Crippen LogP contribution in [-0.2, 0) is 14.3 Å². The van der Waals surface area contributed by atoms with Gasteiger partial charge in [0.15, 0.2) is 12.1 Å². The number of hydrogen-bond donors (Lipinski definition) is 2. The lowest BCUT2D eigenvalue weighted by Crippen LogP contribution is -2.55. The maximum atomic E-state index is 12.4. The number of ether oxygens (including phenoxy) is 1. The normalized spacial score (nSPS) is 52.1. The number of rotatable bonds is 2. The Bertz CT molecular complexity index is 699. The minimum Gasteiger partial charge on any atom is -0.389 e. The number of aliphatic hydroxyl groups excluding tert-OH is 2. The number of carbonyl (C=O) groups is 2. The first-order valence-electron chi connectivity index (χ1n) is 10.1. The molecule has 3 saturated carbocycles. The van der Waals surface area contributed by atoms with E-state index in [0.717, 1.165) is 25.7 Å². The van der Waals surface area contributed by atoms with Crippen molar-refractivity contribution in [3.63, 3.8) is 0 Å². The van der Waals surface area contributed by atoms with Gasteiger partial charge in [-0.05, 0) is 55.3 Å². The summed E-state index contributed by atoms with van der Waals surface area (Å²) in [4.78, 5) is 24.4. The molecule has 0 amide bonds. The molecule has 1 aliphatic heterocycles. The van der Waals surface area contributed by atoms with E-state index < -0.39 is 18.3 Å². The lowest BCUT2D eigenvalue weighted by Gasteiger charge is -2.56. The number of carbonyl (C=O) groups excluding carboxylic acids is 2. The molecule has 1 heterocycles. The largest absolute Gasteiger partial charge is 0.389 e. The Morgan fingerprint density at radius 1 is 1.38 bits per heavy atom. The van der Waals surface area contributed by atoms with Gasteiger partial charge in [0.1, 0.15) is 12.4 Å². The molecule has 2 N–H and O–H groups in total. The SMILES string of the molecule is C[C@]12CCC(=O)CC1=CC[C@@H]1[C@@H]2[C@@H]2C[C@]3(C(O)O2)[C@@H](C(=O)CO)CC[C@@H]13. The van der Waals surface area contributed by atoms with Gasteiger partial charge in [-0.2, -0.15) is 0 Å². The van der Waals surface area contributed by atoms with Crippen LogP contribution in [0.2, 0.25) is 0 Å². The molecule has 5 heteroatoms. The quantitative estimate of drug-likeness (QED) is 0.736. The third-order valence-corrected chi connectivity index (χ3v) is 8.76. The summed E-state index contributed by atoms with van der Waals surface area (Å²) < 4.78 is 6.13. The average molecular weight is 360 g/mol. The minimum atomic E-state index is -0.914. The Balaban J connectivity index is 1.57. The summed E-state index contributed by atoms with van der Waals surface area (Å²) in [6.07, 6.45) is 6.68. The van der Waals surface area contributed by atoms with E-state index in [0.29, 0.717) is 36.9 Å². The number of aliphatic hydroxyl groups is 2. The standard InChI is InChI=1S/C21H28O5/c1-20-7-6-12(23)8-11(20)2-3-13-14-4-5-15(16(24)10-22)21(14)9-17(18(13)20)26-19(21)25/h2,13-15,17-19,22,25H,3-10H2,1H3/t13-,14-,15+,17-,18+,19?,20-,21+/m0/s1. The second-order valence-corrected chi connectivity index (χ2v) is 9.49. The molecule has 5 aliphatic rings. The van der Waals surface area contributed by atoms with Crippen molar-refractivity contribution in [1.29, 1.82) is 0 Å². The Hall–Kier alpha value is -1.04. The van der Waals surface area contributed by atoms with E-state index in [4.69, 9.17) is 4.74 Å². The first kappa shape index (κ1) is 17.1. The number of ketones is 2. The fourth-order valence-corrected chi connectivity index (χ4v) is 7.72. The van der Waals surface area contributed by atoms with Gasteiger partial charge in [-0.25, -0.2) is 0 Å². The van der Waals surface area contributed by atoms with Gasteiger partial charge in [-0.15, -0.1) is 0 Å². The van der Waals surface area contributed by atoms with E-state index in [-0.39, 0.29) is 29.1 Å². The first-order valence-corrected chi connectivity index (χ1v) is 10.1. The van der Waals surface area contributed by atoms with E-state index in [9.17, 15) is 19.8 Å². The Kier molecular flexibility index (Phi) is 3.61. The van der Waals surface area contributed by atoms with Crippen molar-refractivity contribution in [2.45, 2.75) is 64.3 Å². The molecule has 1 unspecified atom stereocenters. The van der Waals surface area contributed by atoms with Crippen molar-refractivity contribution >= 4 is 11.6 Å². The van der Waals surface area contributed by atoms with Gasteiger partial charge in [-0.1, -0.05) is 18.6 Å². The molecule has 0 aromatic carbocycles. The topological polar surface area (TPSA) is 83.8 Å². The van der Waals surface area contributed by atoms with Gasteiger partial charge >= 0.3 is 0 Å². The zero-order valence-electron chi connectivity index (χ0n) is 15.3. The third kappa shape index (κ3) is 1.92. The number of hydrogen-bond acceptors (Lipinski definition) is 5. The van der Waals surface area contributed by atoms with Crippen LogP contribution >= 0.6 is 0 Å². The van der Waals surface area contributed by atoms with Gasteiger partial charge in [0.05, 0.1) is 6.10 Å². The van der Waals surface area contributed by atoms with Crippen LogP contribution in [0.25, 0.3) is 0 Å². The monoisotopic (exact) mass is 360 g/mol. The maximum Gasteiger partial charge on any atom is 0.162 e. The van der Waals surface area contributed by atoms with Crippen LogP contribution < -0.4 is 0 Å². The second-order valence-electron chi connectivity index (χ2n) is 9.49. The van der Waals surface area contributed by atoms with Crippen LogP contribution in [-0.4, -0.2) is 40.8 Å². The van der Waals surface area contributed by atoms with Crippen molar-refractivity contribution in [1.82, 2.24) is 0 Å². The fourth-order valence-electron chi connectivity index (χ4n) is 7.72. The van der Waals surface area contributed by atoms with Gasteiger partial charge in [-0.3, -0.25) is 9.59 Å². The molecule has 4 aliphatic carbocycles. The van der Waals surface area contributed by atoms with Crippen molar-refractivity contribution in [2.75, 3.05) is 6.61 Å². The van der Waals surface area contributed by atoms with E-state index in [2.05, 4.69) is 13.0 Å². The van der Waals surface area contributed by atoms with E-state index in [1.165, 1.54) is 5.57 Å². The van der Waals surface area contributed by atoms with E-state index in [1.54, 1.807) is 0 Å². The Morgan fingerprint density at radius 3 is 2.96 bits per heavy atom. The fraction of sp³-hybridized carbons (Fsp3) is 0.810. The summed E-state index contributed by atoms with van der Waals surface area (Å²) in [5, 5.41) is 20.4. The van der Waals surface area contributed by atoms with Gasteiger partial charge < -0.3 is 14.9 Å². The van der Waals surface area contributed by atoms with Crippen LogP contribution in [0.4, 0.5) is 0 Å². The first-order chi connectivity index (χ1) is 12.4. The number of Topliss-reactive ketones (excluding diaryl/α,β-unsaturated/α-hetero) is 2. The highest BCUT2D eigenvalue weighted by Crippen LogP contribution is 2.70. The molecule has 0 aromatic heterocycles. The minimum absolute atomic E-state index is 0.0310. The number of allylic oxidation sites excluding steroid dienone is 2. The molecule has 2 bridgehead atoms. The van der Waals surface area contributed by atoms with E-state index in [1.807, 2.05) is 0 Å². The molecular formula is C21H28O5. The summed E-state index contributed by atoms with van der Waals surface area (Å²) in [6.45, 7) is 1.84. The molecule has 0 radical (unpaired) electrons. The van der Waals surface area contributed by atoms with E-state index >= 15 is 0 Å². The molecular weight excluding hydrogens is 332 g/mol. The highest BCUT2D eigenvalue weighted by atomic mass is 16.6. The van der Waals surface area contributed by atoms with Gasteiger partial charge in [0.25, 0.3) is 0 Å². The lowest BCUT2D eigenvalue weighted by molar-refractivity contribution is -0.160. The Morgan fingerprint density at radius 2 is 2.19 bits per heavy atom. The molecule has 1 saturated heterocycles. The van der Waals surface area contributed by atoms with Crippen molar-refractivity contribution in [2.24, 2.45) is 34.5 Å². The van der Waals surface area contributed by atoms with Crippen molar-refractivity contribution < 1.29 is 24.5 Å². The predicted octanol–water partition coefficient (Wildman–Crippen LogP) is 2.00. The highest BCUT2D eigenvalue weighted by Gasteiger charge is 2.71. The zero-order valence-corrected chi connectivity index (χ0v) is 15.3. The molecule has 1 spiro atoms. The molecule has 8 atom stereocenters. The molecule has 0 aromatic rings. The van der Waals surface area contributed by atoms with Crippen LogP contribution in [0.3, 0.4) is 0 Å². The summed E-state index contributed by atoms with van der Waals surface area (Å²) in [5.74, 6) is 0.867. The molecule has 5 nitrogen and oxygen atoms in total. The van der Waals surface area contributed by atoms with Crippen LogP contribution in [0, 0.1) is 34.5 Å². The summed E-state index contributed by atoms with van der Waals surface area (Å²) >= 11 is 0. The smallest absolute Gasteiger partial charge is 0.162 e. The second kappa shape index (κ2) is 5.49. The van der Waals surface area contributed by atoms with Crippen LogP contribution in [0.5, 0.6) is 0 Å². The molecule has 5 rings (SSSR count). The van der Waals surface area contributed by atoms with Gasteiger partial charge in [0, 0.05) is 24.2 Å². The molecule has 142 valence electrons. The number of fused-ring (bicyclic) bond motifs is 6. The van der Waals surface area contributed by atoms with Crippen LogP contribution in [0.1, 0.15) is 51.9 Å². The summed E-state index contributed by atoms with van der Waals surface area (Å²) in [7, 11) is 0. The predicted molar refractivity (Wildman–Crippen MR) is 92.9 cm³/mol. The lowest BCUT2D eigenvalue weighted by atomic mass is 9.47. The van der Waals surface area contributed by atoms with Crippen molar-refractivity contribution in [3.05, 3.63) is 11.6 Å².